The molecule has 0 N–H and O–H groups in total. The van der Waals surface area contributed by atoms with Crippen molar-refractivity contribution in [2.24, 2.45) is 0 Å². The Balaban J connectivity index is 1.50. The van der Waals surface area contributed by atoms with Crippen molar-refractivity contribution in [1.29, 1.82) is 0 Å². The van der Waals surface area contributed by atoms with Gasteiger partial charge in [-0.1, -0.05) is 97.9 Å². The van der Waals surface area contributed by atoms with Gasteiger partial charge in [-0.05, 0) is 80.4 Å². The van der Waals surface area contributed by atoms with Gasteiger partial charge < -0.3 is 0 Å². The summed E-state index contributed by atoms with van der Waals surface area (Å²) in [5.74, 6) is 0.474. The average molecular weight is 387 g/mol. The molecule has 0 saturated heterocycles. The predicted octanol–water partition coefficient (Wildman–Crippen LogP) is 8.74. The second-order valence-corrected chi connectivity index (χ2v) is 8.32. The third kappa shape index (κ3) is 3.39. The number of rotatable bonds is 4. The van der Waals surface area contributed by atoms with Crippen LogP contribution in [0.4, 0.5) is 0 Å². The van der Waals surface area contributed by atoms with Crippen LogP contribution in [0.15, 0.2) is 103 Å². The van der Waals surface area contributed by atoms with Crippen molar-refractivity contribution in [3.8, 4) is 0 Å². The first-order chi connectivity index (χ1) is 14.7. The van der Waals surface area contributed by atoms with Crippen molar-refractivity contribution in [2.75, 3.05) is 0 Å². The van der Waals surface area contributed by atoms with E-state index in [0.717, 1.165) is 6.42 Å². The highest BCUT2D eigenvalue weighted by atomic mass is 14.1. The maximum absolute atomic E-state index is 2.41. The Morgan fingerprint density at radius 2 is 1.30 bits per heavy atom. The Morgan fingerprint density at radius 3 is 2.13 bits per heavy atom. The first kappa shape index (κ1) is 18.6. The Kier molecular flexibility index (Phi) is 4.85. The molecule has 0 fully saturated rings. The lowest BCUT2D eigenvalue weighted by molar-refractivity contribution is 0.788. The molecule has 5 aromatic carbocycles. The summed E-state index contributed by atoms with van der Waals surface area (Å²) in [5, 5.41) is 7.94. The van der Waals surface area contributed by atoms with E-state index in [1.165, 1.54) is 49.0 Å². The van der Waals surface area contributed by atoms with E-state index in [1.807, 2.05) is 0 Å². The Bertz CT molecular complexity index is 1380. The molecule has 0 bridgehead atoms. The molecule has 0 heterocycles. The summed E-state index contributed by atoms with van der Waals surface area (Å²) in [6, 6.07) is 35.3. The smallest absolute Gasteiger partial charge is 0.0102 e. The van der Waals surface area contributed by atoms with Gasteiger partial charge in [-0.3, -0.25) is 0 Å². The molecular weight excluding hydrogens is 360 g/mol. The van der Waals surface area contributed by atoms with Gasteiger partial charge in [0, 0.05) is 0 Å². The summed E-state index contributed by atoms with van der Waals surface area (Å²) in [5.41, 5.74) is 4.12. The van der Waals surface area contributed by atoms with E-state index in [2.05, 4.69) is 117 Å². The maximum Gasteiger partial charge on any atom is -0.0102 e. The number of benzene rings is 5. The van der Waals surface area contributed by atoms with Crippen molar-refractivity contribution >= 4 is 37.9 Å². The fraction of sp³-hybridized carbons (Fsp3) is 0.133. The topological polar surface area (TPSA) is 0 Å². The molecule has 0 heteroatoms. The quantitative estimate of drug-likeness (QED) is 0.271. The molecule has 0 radical (unpaired) electrons. The third-order valence-electron chi connectivity index (χ3n) is 6.30. The van der Waals surface area contributed by atoms with Crippen LogP contribution in [0.5, 0.6) is 0 Å². The molecule has 146 valence electrons. The van der Waals surface area contributed by atoms with Crippen molar-refractivity contribution < 1.29 is 0 Å². The van der Waals surface area contributed by atoms with Crippen LogP contribution < -0.4 is 0 Å². The van der Waals surface area contributed by atoms with Gasteiger partial charge in [0.05, 0.1) is 0 Å². The SMILES string of the molecule is CC(=CCC(C)c1cccc2ccccc12)c1cccc2cc3ccccc3cc12. The van der Waals surface area contributed by atoms with Crippen LogP contribution in [-0.2, 0) is 0 Å². The molecule has 0 aliphatic rings. The lowest BCUT2D eigenvalue weighted by atomic mass is 9.90. The van der Waals surface area contributed by atoms with Crippen molar-refractivity contribution in [3.05, 3.63) is 114 Å². The fourth-order valence-electron chi connectivity index (χ4n) is 4.58. The van der Waals surface area contributed by atoms with Gasteiger partial charge in [0.25, 0.3) is 0 Å². The lowest BCUT2D eigenvalue weighted by Crippen LogP contribution is -1.94. The minimum atomic E-state index is 0.474. The second-order valence-electron chi connectivity index (χ2n) is 8.32. The van der Waals surface area contributed by atoms with Crippen LogP contribution in [0.25, 0.3) is 37.9 Å². The van der Waals surface area contributed by atoms with Crippen LogP contribution >= 0.6 is 0 Å². The van der Waals surface area contributed by atoms with Gasteiger partial charge in [-0.2, -0.15) is 0 Å². The molecule has 5 aromatic rings. The van der Waals surface area contributed by atoms with E-state index < -0.39 is 0 Å². The fourth-order valence-corrected chi connectivity index (χ4v) is 4.58. The van der Waals surface area contributed by atoms with E-state index in [4.69, 9.17) is 0 Å². The van der Waals surface area contributed by atoms with Crippen LogP contribution in [0.3, 0.4) is 0 Å². The molecule has 0 amide bonds. The molecule has 0 spiro atoms. The van der Waals surface area contributed by atoms with Crippen LogP contribution in [0.2, 0.25) is 0 Å². The van der Waals surface area contributed by atoms with Crippen molar-refractivity contribution in [3.63, 3.8) is 0 Å². The molecule has 1 unspecified atom stereocenters. The zero-order valence-corrected chi connectivity index (χ0v) is 17.6. The van der Waals surface area contributed by atoms with Gasteiger partial charge in [-0.15, -0.1) is 0 Å². The monoisotopic (exact) mass is 386 g/mol. The minimum absolute atomic E-state index is 0.474. The number of hydrogen-bond acceptors (Lipinski definition) is 0. The van der Waals surface area contributed by atoms with E-state index >= 15 is 0 Å². The lowest BCUT2D eigenvalue weighted by Gasteiger charge is -2.14. The molecule has 0 aromatic heterocycles. The summed E-state index contributed by atoms with van der Waals surface area (Å²) in [6.07, 6.45) is 3.44. The third-order valence-corrected chi connectivity index (χ3v) is 6.30. The average Bonchev–Trinajstić information content (AvgIpc) is 2.80. The Hall–Kier alpha value is -3.38. The molecular formula is C30H26. The van der Waals surface area contributed by atoms with Crippen molar-refractivity contribution in [2.45, 2.75) is 26.2 Å². The summed E-state index contributed by atoms with van der Waals surface area (Å²) in [4.78, 5) is 0. The largest absolute Gasteiger partial charge is 0.0804 e. The minimum Gasteiger partial charge on any atom is -0.0804 e. The Labute approximate surface area is 178 Å². The number of fused-ring (bicyclic) bond motifs is 3. The normalized spacial score (nSPS) is 13.2. The highest BCUT2D eigenvalue weighted by Crippen LogP contribution is 2.32. The first-order valence-corrected chi connectivity index (χ1v) is 10.8. The Morgan fingerprint density at radius 1 is 0.667 bits per heavy atom. The van der Waals surface area contributed by atoms with Crippen molar-refractivity contribution in [1.82, 2.24) is 0 Å². The predicted molar refractivity (Wildman–Crippen MR) is 132 cm³/mol. The van der Waals surface area contributed by atoms with E-state index in [9.17, 15) is 0 Å². The zero-order chi connectivity index (χ0) is 20.5. The molecule has 0 nitrogen and oxygen atoms in total. The molecule has 30 heavy (non-hydrogen) atoms. The maximum atomic E-state index is 2.41. The second kappa shape index (κ2) is 7.80. The van der Waals surface area contributed by atoms with Crippen LogP contribution in [0.1, 0.15) is 37.3 Å². The summed E-state index contributed by atoms with van der Waals surface area (Å²) in [7, 11) is 0. The van der Waals surface area contributed by atoms with Gasteiger partial charge in [0.1, 0.15) is 0 Å². The highest BCUT2D eigenvalue weighted by molar-refractivity contribution is 6.02. The molecule has 5 rings (SSSR count). The number of allylic oxidation sites excluding steroid dienone is 2. The standard InChI is InChI=1S/C30H26/c1-21(27-15-7-12-23-9-5-6-14-29(23)27)17-18-22(2)28-16-8-13-26-19-24-10-3-4-11-25(24)20-30(26)28/h3-16,18-21H,17H2,1-2H3. The zero-order valence-electron chi connectivity index (χ0n) is 17.6. The summed E-state index contributed by atoms with van der Waals surface area (Å²) in [6.45, 7) is 4.59. The first-order valence-electron chi connectivity index (χ1n) is 10.8. The molecule has 1 atom stereocenters. The number of hydrogen-bond donors (Lipinski definition) is 0. The summed E-state index contributed by atoms with van der Waals surface area (Å²) >= 11 is 0. The van der Waals surface area contributed by atoms with E-state index in [-0.39, 0.29) is 0 Å². The van der Waals surface area contributed by atoms with Gasteiger partial charge in [0.2, 0.25) is 0 Å². The molecule has 0 aliphatic carbocycles. The van der Waals surface area contributed by atoms with Crippen LogP contribution in [0, 0.1) is 0 Å². The molecule has 0 aliphatic heterocycles. The van der Waals surface area contributed by atoms with E-state index in [0.29, 0.717) is 5.92 Å². The van der Waals surface area contributed by atoms with Gasteiger partial charge >= 0.3 is 0 Å². The molecule has 0 saturated carbocycles. The van der Waals surface area contributed by atoms with Gasteiger partial charge in [-0.25, -0.2) is 0 Å². The van der Waals surface area contributed by atoms with Gasteiger partial charge in [0.15, 0.2) is 0 Å². The highest BCUT2D eigenvalue weighted by Gasteiger charge is 2.09. The van der Waals surface area contributed by atoms with E-state index in [1.54, 1.807) is 0 Å². The van der Waals surface area contributed by atoms with Crippen LogP contribution in [-0.4, -0.2) is 0 Å². The summed E-state index contributed by atoms with van der Waals surface area (Å²) < 4.78 is 0.